The van der Waals surface area contributed by atoms with Crippen molar-refractivity contribution in [2.75, 3.05) is 19.6 Å². The molecule has 15 heavy (non-hydrogen) atoms. The summed E-state index contributed by atoms with van der Waals surface area (Å²) in [4.78, 5) is 24.2. The Hall–Kier alpha value is -1.50. The van der Waals surface area contributed by atoms with Gasteiger partial charge in [0.05, 0.1) is 6.54 Å². The third kappa shape index (κ3) is 4.03. The summed E-state index contributed by atoms with van der Waals surface area (Å²) in [6, 6.07) is 0. The van der Waals surface area contributed by atoms with Gasteiger partial charge in [-0.05, 0) is 13.3 Å². The quantitative estimate of drug-likeness (QED) is 0.527. The van der Waals surface area contributed by atoms with Crippen LogP contribution in [-0.4, -0.2) is 36.3 Å². The van der Waals surface area contributed by atoms with E-state index in [1.165, 1.54) is 0 Å². The SMILES string of the molecule is CC#CCCNC(=O)CN1CCCC1=O. The molecule has 1 fully saturated rings. The summed E-state index contributed by atoms with van der Waals surface area (Å²) in [7, 11) is 0. The minimum absolute atomic E-state index is 0.0819. The molecular weight excluding hydrogens is 192 g/mol. The van der Waals surface area contributed by atoms with Gasteiger partial charge in [0.1, 0.15) is 0 Å². The number of carbonyl (C=O) groups excluding carboxylic acids is 2. The molecule has 0 unspecified atom stereocenters. The highest BCUT2D eigenvalue weighted by Crippen LogP contribution is 2.08. The summed E-state index contributed by atoms with van der Waals surface area (Å²) in [6.45, 7) is 3.23. The summed E-state index contributed by atoms with van der Waals surface area (Å²) in [5.74, 6) is 5.60. The van der Waals surface area contributed by atoms with E-state index in [1.54, 1.807) is 11.8 Å². The summed E-state index contributed by atoms with van der Waals surface area (Å²) in [6.07, 6.45) is 2.11. The molecule has 1 N–H and O–H groups in total. The Balaban J connectivity index is 2.17. The molecule has 1 rings (SSSR count). The molecule has 0 aromatic heterocycles. The molecule has 0 aliphatic carbocycles. The van der Waals surface area contributed by atoms with Crippen LogP contribution in [0.15, 0.2) is 0 Å². The molecule has 0 spiro atoms. The van der Waals surface area contributed by atoms with Crippen molar-refractivity contribution in [3.8, 4) is 11.8 Å². The largest absolute Gasteiger partial charge is 0.354 e. The van der Waals surface area contributed by atoms with Gasteiger partial charge in [-0.25, -0.2) is 0 Å². The van der Waals surface area contributed by atoms with Gasteiger partial charge in [0.25, 0.3) is 0 Å². The second-order valence-electron chi connectivity index (χ2n) is 3.45. The topological polar surface area (TPSA) is 49.4 Å². The number of carbonyl (C=O) groups is 2. The van der Waals surface area contributed by atoms with E-state index in [0.29, 0.717) is 25.9 Å². The first-order valence-electron chi connectivity index (χ1n) is 5.18. The number of hydrogen-bond acceptors (Lipinski definition) is 2. The van der Waals surface area contributed by atoms with Gasteiger partial charge in [0, 0.05) is 25.9 Å². The first kappa shape index (κ1) is 11.6. The van der Waals surface area contributed by atoms with Gasteiger partial charge in [-0.2, -0.15) is 0 Å². The first-order valence-corrected chi connectivity index (χ1v) is 5.18. The van der Waals surface area contributed by atoms with E-state index in [4.69, 9.17) is 0 Å². The van der Waals surface area contributed by atoms with Crippen LogP contribution < -0.4 is 5.32 Å². The van der Waals surface area contributed by atoms with E-state index < -0.39 is 0 Å². The van der Waals surface area contributed by atoms with E-state index >= 15 is 0 Å². The zero-order valence-electron chi connectivity index (χ0n) is 9.01. The van der Waals surface area contributed by atoms with E-state index in [1.807, 2.05) is 0 Å². The predicted molar refractivity (Wildman–Crippen MR) is 56.9 cm³/mol. The van der Waals surface area contributed by atoms with Crippen LogP contribution >= 0.6 is 0 Å². The summed E-state index contributed by atoms with van der Waals surface area (Å²) in [5, 5.41) is 2.73. The van der Waals surface area contributed by atoms with Crippen molar-refractivity contribution in [2.45, 2.75) is 26.2 Å². The van der Waals surface area contributed by atoms with Crippen LogP contribution in [0.2, 0.25) is 0 Å². The monoisotopic (exact) mass is 208 g/mol. The average Bonchev–Trinajstić information content (AvgIpc) is 2.59. The van der Waals surface area contributed by atoms with E-state index in [9.17, 15) is 9.59 Å². The Morgan fingerprint density at radius 2 is 2.40 bits per heavy atom. The fraction of sp³-hybridized carbons (Fsp3) is 0.636. The van der Waals surface area contributed by atoms with Crippen molar-refractivity contribution in [3.63, 3.8) is 0 Å². The maximum Gasteiger partial charge on any atom is 0.239 e. The van der Waals surface area contributed by atoms with Gasteiger partial charge in [0.15, 0.2) is 0 Å². The van der Waals surface area contributed by atoms with Crippen LogP contribution in [0.4, 0.5) is 0 Å². The van der Waals surface area contributed by atoms with Crippen LogP contribution in [0.1, 0.15) is 26.2 Å². The maximum absolute atomic E-state index is 11.4. The Labute approximate surface area is 90.0 Å². The summed E-state index contributed by atoms with van der Waals surface area (Å²) < 4.78 is 0. The molecule has 0 radical (unpaired) electrons. The summed E-state index contributed by atoms with van der Waals surface area (Å²) >= 11 is 0. The van der Waals surface area contributed by atoms with Crippen LogP contribution in [0, 0.1) is 11.8 Å². The Morgan fingerprint density at radius 3 is 3.00 bits per heavy atom. The number of nitrogens with one attached hydrogen (secondary N) is 1. The zero-order valence-corrected chi connectivity index (χ0v) is 9.01. The average molecular weight is 208 g/mol. The number of amides is 2. The standard InChI is InChI=1S/C11H16N2O2/c1-2-3-4-7-12-10(14)9-13-8-5-6-11(13)15/h4-9H2,1H3,(H,12,14). The molecule has 1 heterocycles. The van der Waals surface area contributed by atoms with Crippen LogP contribution in [0.5, 0.6) is 0 Å². The molecule has 0 bridgehead atoms. The lowest BCUT2D eigenvalue weighted by Crippen LogP contribution is -2.38. The number of hydrogen-bond donors (Lipinski definition) is 1. The van der Waals surface area contributed by atoms with E-state index in [-0.39, 0.29) is 18.4 Å². The Morgan fingerprint density at radius 1 is 1.60 bits per heavy atom. The van der Waals surface area contributed by atoms with Gasteiger partial charge in [-0.1, -0.05) is 0 Å². The van der Waals surface area contributed by atoms with Crippen molar-refractivity contribution in [1.29, 1.82) is 0 Å². The molecule has 0 aromatic rings. The summed E-state index contributed by atoms with van der Waals surface area (Å²) in [5.41, 5.74) is 0. The van der Waals surface area contributed by atoms with Crippen molar-refractivity contribution >= 4 is 11.8 Å². The lowest BCUT2D eigenvalue weighted by atomic mass is 10.4. The van der Waals surface area contributed by atoms with Gasteiger partial charge in [-0.15, -0.1) is 11.8 Å². The highest BCUT2D eigenvalue weighted by atomic mass is 16.2. The molecule has 0 atom stereocenters. The highest BCUT2D eigenvalue weighted by molar-refractivity contribution is 5.85. The molecule has 4 nitrogen and oxygen atoms in total. The van der Waals surface area contributed by atoms with Gasteiger partial charge in [-0.3, -0.25) is 9.59 Å². The lowest BCUT2D eigenvalue weighted by Gasteiger charge is -2.14. The van der Waals surface area contributed by atoms with E-state index in [0.717, 1.165) is 6.42 Å². The van der Waals surface area contributed by atoms with E-state index in [2.05, 4.69) is 17.2 Å². The second-order valence-corrected chi connectivity index (χ2v) is 3.45. The molecule has 1 saturated heterocycles. The van der Waals surface area contributed by atoms with Crippen molar-refractivity contribution in [3.05, 3.63) is 0 Å². The van der Waals surface area contributed by atoms with Crippen LogP contribution in [0.25, 0.3) is 0 Å². The number of likely N-dealkylation sites (tertiary alicyclic amines) is 1. The molecule has 4 heteroatoms. The van der Waals surface area contributed by atoms with Gasteiger partial charge >= 0.3 is 0 Å². The molecule has 0 aromatic carbocycles. The normalized spacial score (nSPS) is 14.7. The molecule has 1 aliphatic rings. The van der Waals surface area contributed by atoms with Crippen molar-refractivity contribution in [1.82, 2.24) is 10.2 Å². The highest BCUT2D eigenvalue weighted by Gasteiger charge is 2.21. The van der Waals surface area contributed by atoms with Crippen molar-refractivity contribution < 1.29 is 9.59 Å². The minimum atomic E-state index is -0.0943. The zero-order chi connectivity index (χ0) is 11.1. The fourth-order valence-electron chi connectivity index (χ4n) is 1.49. The molecule has 1 aliphatic heterocycles. The third-order valence-corrected chi connectivity index (χ3v) is 2.25. The molecular formula is C11H16N2O2. The number of nitrogens with zero attached hydrogens (tertiary/aromatic N) is 1. The molecule has 2 amide bonds. The van der Waals surface area contributed by atoms with Gasteiger partial charge < -0.3 is 10.2 Å². The number of rotatable bonds is 4. The molecule has 82 valence electrons. The minimum Gasteiger partial charge on any atom is -0.354 e. The van der Waals surface area contributed by atoms with Crippen molar-refractivity contribution in [2.24, 2.45) is 0 Å². The second kappa shape index (κ2) is 6.07. The first-order chi connectivity index (χ1) is 7.24. The molecule has 0 saturated carbocycles. The van der Waals surface area contributed by atoms with Crippen LogP contribution in [-0.2, 0) is 9.59 Å². The smallest absolute Gasteiger partial charge is 0.239 e. The predicted octanol–water partition coefficient (Wildman–Crippen LogP) is 0.138. The van der Waals surface area contributed by atoms with Crippen LogP contribution in [0.3, 0.4) is 0 Å². The Kier molecular flexibility index (Phi) is 4.69. The fourth-order valence-corrected chi connectivity index (χ4v) is 1.49. The maximum atomic E-state index is 11.4. The van der Waals surface area contributed by atoms with Gasteiger partial charge in [0.2, 0.25) is 11.8 Å². The lowest BCUT2D eigenvalue weighted by molar-refractivity contribution is -0.133. The third-order valence-electron chi connectivity index (χ3n) is 2.25. The Bertz CT molecular complexity index is 301.